The van der Waals surface area contributed by atoms with Gasteiger partial charge in [0, 0.05) is 17.3 Å². The van der Waals surface area contributed by atoms with Crippen LogP contribution >= 0.6 is 0 Å². The molecule has 0 aliphatic heterocycles. The van der Waals surface area contributed by atoms with Crippen LogP contribution in [0.5, 0.6) is 0 Å². The number of hydrogen-bond donors (Lipinski definition) is 2. The second-order valence-corrected chi connectivity index (χ2v) is 5.59. The van der Waals surface area contributed by atoms with Crippen molar-refractivity contribution in [1.82, 2.24) is 5.32 Å². The SMILES string of the molecule is CCOC(=O)Nc1cccc(C(=O)NC2CCCCCC2)c1. The van der Waals surface area contributed by atoms with Crippen LogP contribution in [0.2, 0.25) is 0 Å². The summed E-state index contributed by atoms with van der Waals surface area (Å²) in [6, 6.07) is 7.17. The van der Waals surface area contributed by atoms with Crippen LogP contribution in [-0.4, -0.2) is 24.6 Å². The number of nitrogens with one attached hydrogen (secondary N) is 2. The minimum atomic E-state index is -0.510. The summed E-state index contributed by atoms with van der Waals surface area (Å²) in [7, 11) is 0. The second-order valence-electron chi connectivity index (χ2n) is 5.59. The fourth-order valence-electron chi connectivity index (χ4n) is 2.72. The summed E-state index contributed by atoms with van der Waals surface area (Å²) in [5.41, 5.74) is 1.12. The number of amides is 2. The van der Waals surface area contributed by atoms with Gasteiger partial charge in [0.25, 0.3) is 5.91 Å². The summed E-state index contributed by atoms with van der Waals surface area (Å²) in [5.74, 6) is -0.0839. The zero-order chi connectivity index (χ0) is 15.8. The largest absolute Gasteiger partial charge is 0.450 e. The predicted molar refractivity (Wildman–Crippen MR) is 86.0 cm³/mol. The van der Waals surface area contributed by atoms with Gasteiger partial charge in [0.15, 0.2) is 0 Å². The lowest BCUT2D eigenvalue weighted by molar-refractivity contribution is 0.0933. The maximum atomic E-state index is 12.3. The standard InChI is InChI=1S/C17H24N2O3/c1-2-22-17(21)19-15-11-7-8-13(12-15)16(20)18-14-9-5-3-4-6-10-14/h7-8,11-12,14H,2-6,9-10H2,1H3,(H,18,20)(H,19,21). The summed E-state index contributed by atoms with van der Waals surface area (Å²) >= 11 is 0. The molecular weight excluding hydrogens is 280 g/mol. The maximum Gasteiger partial charge on any atom is 0.411 e. The van der Waals surface area contributed by atoms with Crippen molar-refractivity contribution in [3.8, 4) is 0 Å². The monoisotopic (exact) mass is 304 g/mol. The average molecular weight is 304 g/mol. The van der Waals surface area contributed by atoms with Gasteiger partial charge in [-0.05, 0) is 38.0 Å². The highest BCUT2D eigenvalue weighted by Crippen LogP contribution is 2.18. The molecule has 5 heteroatoms. The molecule has 0 bridgehead atoms. The Morgan fingerprint density at radius 1 is 1.18 bits per heavy atom. The zero-order valence-corrected chi connectivity index (χ0v) is 13.1. The molecule has 2 N–H and O–H groups in total. The van der Waals surface area contributed by atoms with Gasteiger partial charge in [-0.1, -0.05) is 31.7 Å². The van der Waals surface area contributed by atoms with E-state index in [4.69, 9.17) is 4.74 Å². The molecule has 120 valence electrons. The van der Waals surface area contributed by atoms with E-state index in [2.05, 4.69) is 10.6 Å². The normalized spacial score (nSPS) is 15.7. The van der Waals surface area contributed by atoms with E-state index in [1.54, 1.807) is 31.2 Å². The molecule has 2 amide bonds. The number of carbonyl (C=O) groups is 2. The van der Waals surface area contributed by atoms with Crippen LogP contribution in [0.4, 0.5) is 10.5 Å². The molecule has 0 heterocycles. The third-order valence-electron chi connectivity index (χ3n) is 3.84. The van der Waals surface area contributed by atoms with Gasteiger partial charge in [-0.2, -0.15) is 0 Å². The molecule has 1 aromatic rings. The van der Waals surface area contributed by atoms with Crippen molar-refractivity contribution in [3.63, 3.8) is 0 Å². The first-order chi connectivity index (χ1) is 10.7. The number of benzene rings is 1. The van der Waals surface area contributed by atoms with Crippen LogP contribution in [0, 0.1) is 0 Å². The minimum Gasteiger partial charge on any atom is -0.450 e. The summed E-state index contributed by atoms with van der Waals surface area (Å²) in [4.78, 5) is 23.7. The summed E-state index contributed by atoms with van der Waals surface area (Å²) in [6.07, 6.45) is 6.45. The number of anilines is 1. The molecule has 22 heavy (non-hydrogen) atoms. The Hall–Kier alpha value is -2.04. The first-order valence-corrected chi connectivity index (χ1v) is 8.03. The van der Waals surface area contributed by atoms with Gasteiger partial charge in [-0.3, -0.25) is 10.1 Å². The van der Waals surface area contributed by atoms with E-state index in [0.29, 0.717) is 17.9 Å². The summed E-state index contributed by atoms with van der Waals surface area (Å²) < 4.78 is 4.83. The Morgan fingerprint density at radius 3 is 2.59 bits per heavy atom. The van der Waals surface area contributed by atoms with E-state index in [1.807, 2.05) is 0 Å². The first-order valence-electron chi connectivity index (χ1n) is 8.03. The van der Waals surface area contributed by atoms with Gasteiger partial charge < -0.3 is 10.1 Å². The molecule has 2 rings (SSSR count). The number of carbonyl (C=O) groups excluding carboxylic acids is 2. The molecule has 0 spiro atoms. The van der Waals surface area contributed by atoms with Gasteiger partial charge >= 0.3 is 6.09 Å². The molecule has 1 fully saturated rings. The van der Waals surface area contributed by atoms with E-state index in [9.17, 15) is 9.59 Å². The van der Waals surface area contributed by atoms with Gasteiger partial charge in [-0.15, -0.1) is 0 Å². The lowest BCUT2D eigenvalue weighted by atomic mass is 10.1. The maximum absolute atomic E-state index is 12.3. The molecule has 0 radical (unpaired) electrons. The molecule has 0 aromatic heterocycles. The Kier molecular flexibility index (Phi) is 6.25. The van der Waals surface area contributed by atoms with Crippen LogP contribution in [0.25, 0.3) is 0 Å². The molecule has 0 atom stereocenters. The number of hydrogen-bond acceptors (Lipinski definition) is 3. The van der Waals surface area contributed by atoms with E-state index in [-0.39, 0.29) is 11.9 Å². The molecule has 1 aromatic carbocycles. The third kappa shape index (κ3) is 5.06. The van der Waals surface area contributed by atoms with Crippen LogP contribution in [0.1, 0.15) is 55.8 Å². The molecule has 1 aliphatic carbocycles. The van der Waals surface area contributed by atoms with Crippen molar-refractivity contribution in [2.24, 2.45) is 0 Å². The van der Waals surface area contributed by atoms with Crippen molar-refractivity contribution in [3.05, 3.63) is 29.8 Å². The smallest absolute Gasteiger partial charge is 0.411 e. The lowest BCUT2D eigenvalue weighted by Gasteiger charge is -2.16. The van der Waals surface area contributed by atoms with Crippen LogP contribution in [0.15, 0.2) is 24.3 Å². The highest BCUT2D eigenvalue weighted by molar-refractivity contribution is 5.96. The van der Waals surface area contributed by atoms with Crippen molar-refractivity contribution in [2.45, 2.75) is 51.5 Å². The van der Waals surface area contributed by atoms with Crippen molar-refractivity contribution >= 4 is 17.7 Å². The Morgan fingerprint density at radius 2 is 1.91 bits per heavy atom. The predicted octanol–water partition coefficient (Wildman–Crippen LogP) is 3.71. The van der Waals surface area contributed by atoms with Gasteiger partial charge in [0.2, 0.25) is 0 Å². The van der Waals surface area contributed by atoms with E-state index in [1.165, 1.54) is 25.7 Å². The minimum absolute atomic E-state index is 0.0839. The Bertz CT molecular complexity index is 508. The Labute approximate surface area is 131 Å². The number of ether oxygens (including phenoxy) is 1. The lowest BCUT2D eigenvalue weighted by Crippen LogP contribution is -2.34. The summed E-state index contributed by atoms with van der Waals surface area (Å²) in [6.45, 7) is 2.06. The molecule has 1 saturated carbocycles. The fourth-order valence-corrected chi connectivity index (χ4v) is 2.72. The van der Waals surface area contributed by atoms with Crippen molar-refractivity contribution in [2.75, 3.05) is 11.9 Å². The summed E-state index contributed by atoms with van der Waals surface area (Å²) in [5, 5.41) is 5.71. The fraction of sp³-hybridized carbons (Fsp3) is 0.529. The second kappa shape index (κ2) is 8.41. The molecular formula is C17H24N2O3. The quantitative estimate of drug-likeness (QED) is 0.833. The van der Waals surface area contributed by atoms with Crippen molar-refractivity contribution < 1.29 is 14.3 Å². The van der Waals surface area contributed by atoms with Gasteiger partial charge in [0.05, 0.1) is 6.61 Å². The highest BCUT2D eigenvalue weighted by atomic mass is 16.5. The Balaban J connectivity index is 1.95. The molecule has 0 unspecified atom stereocenters. The van der Waals surface area contributed by atoms with E-state index in [0.717, 1.165) is 12.8 Å². The van der Waals surface area contributed by atoms with Crippen LogP contribution < -0.4 is 10.6 Å². The topological polar surface area (TPSA) is 67.4 Å². The molecule has 0 saturated heterocycles. The van der Waals surface area contributed by atoms with E-state index >= 15 is 0 Å². The van der Waals surface area contributed by atoms with Crippen LogP contribution in [-0.2, 0) is 4.74 Å². The third-order valence-corrected chi connectivity index (χ3v) is 3.84. The van der Waals surface area contributed by atoms with Crippen molar-refractivity contribution in [1.29, 1.82) is 0 Å². The van der Waals surface area contributed by atoms with E-state index < -0.39 is 6.09 Å². The van der Waals surface area contributed by atoms with Gasteiger partial charge in [0.1, 0.15) is 0 Å². The number of rotatable bonds is 4. The first kappa shape index (κ1) is 16.3. The zero-order valence-electron chi connectivity index (χ0n) is 13.1. The van der Waals surface area contributed by atoms with Crippen LogP contribution in [0.3, 0.4) is 0 Å². The van der Waals surface area contributed by atoms with Gasteiger partial charge in [-0.25, -0.2) is 4.79 Å². The molecule has 5 nitrogen and oxygen atoms in total. The molecule has 1 aliphatic rings. The highest BCUT2D eigenvalue weighted by Gasteiger charge is 2.16. The average Bonchev–Trinajstić information content (AvgIpc) is 2.76.